The van der Waals surface area contributed by atoms with Gasteiger partial charge in [0.05, 0.1) is 19.4 Å². The third-order valence-electron chi connectivity index (χ3n) is 3.14. The van der Waals surface area contributed by atoms with Gasteiger partial charge in [-0.15, -0.1) is 11.3 Å². The van der Waals surface area contributed by atoms with Crippen molar-refractivity contribution in [3.8, 4) is 0 Å². The van der Waals surface area contributed by atoms with Gasteiger partial charge in [-0.3, -0.25) is 9.59 Å². The average Bonchev–Trinajstić information content (AvgIpc) is 2.94. The Kier molecular flexibility index (Phi) is 7.30. The Morgan fingerprint density at radius 3 is 2.75 bits per heavy atom. The van der Waals surface area contributed by atoms with Crippen LogP contribution in [0.4, 0.5) is 0 Å². The standard InChI is InChI=1S/C15H23NO3S/c1-4-5-8-16(11-12(2)15(18)19-3)14(17)10-13-7-6-9-20-13/h6-7,9,12H,4-5,8,10-11H2,1-3H3. The van der Waals surface area contributed by atoms with E-state index >= 15 is 0 Å². The van der Waals surface area contributed by atoms with Crippen molar-refractivity contribution >= 4 is 23.2 Å². The number of amides is 1. The quantitative estimate of drug-likeness (QED) is 0.693. The van der Waals surface area contributed by atoms with Crippen LogP contribution >= 0.6 is 11.3 Å². The highest BCUT2D eigenvalue weighted by Crippen LogP contribution is 2.12. The molecule has 1 unspecified atom stereocenters. The van der Waals surface area contributed by atoms with Crippen LogP contribution in [0.2, 0.25) is 0 Å². The number of unbranched alkanes of at least 4 members (excludes halogenated alkanes) is 1. The van der Waals surface area contributed by atoms with E-state index in [2.05, 4.69) is 6.92 Å². The number of hydrogen-bond acceptors (Lipinski definition) is 4. The largest absolute Gasteiger partial charge is 0.469 e. The van der Waals surface area contributed by atoms with Crippen molar-refractivity contribution in [3.05, 3.63) is 22.4 Å². The Hall–Kier alpha value is -1.36. The molecule has 0 fully saturated rings. The summed E-state index contributed by atoms with van der Waals surface area (Å²) in [5, 5.41) is 1.97. The number of carbonyl (C=O) groups is 2. The number of methoxy groups -OCH3 is 1. The minimum Gasteiger partial charge on any atom is -0.469 e. The predicted octanol–water partition coefficient (Wildman–Crippen LogP) is 2.73. The van der Waals surface area contributed by atoms with E-state index < -0.39 is 0 Å². The summed E-state index contributed by atoms with van der Waals surface area (Å²) in [6, 6.07) is 3.91. The average molecular weight is 297 g/mol. The Morgan fingerprint density at radius 2 is 2.20 bits per heavy atom. The summed E-state index contributed by atoms with van der Waals surface area (Å²) in [5.74, 6) is -0.476. The first kappa shape index (κ1) is 16.7. The van der Waals surface area contributed by atoms with Gasteiger partial charge in [-0.1, -0.05) is 26.3 Å². The first-order valence-electron chi connectivity index (χ1n) is 6.96. The molecule has 0 aromatic carbocycles. The summed E-state index contributed by atoms with van der Waals surface area (Å²) in [4.78, 5) is 26.7. The maximum Gasteiger partial charge on any atom is 0.310 e. The normalized spacial score (nSPS) is 11.9. The summed E-state index contributed by atoms with van der Waals surface area (Å²) < 4.78 is 4.73. The van der Waals surface area contributed by atoms with Crippen LogP contribution in [0.3, 0.4) is 0 Å². The molecule has 1 aromatic heterocycles. The van der Waals surface area contributed by atoms with Gasteiger partial charge in [0.2, 0.25) is 5.91 Å². The molecular formula is C15H23NO3S. The van der Waals surface area contributed by atoms with Gasteiger partial charge in [0, 0.05) is 18.0 Å². The van der Waals surface area contributed by atoms with Crippen LogP contribution in [0.15, 0.2) is 17.5 Å². The molecule has 5 heteroatoms. The highest BCUT2D eigenvalue weighted by Gasteiger charge is 2.21. The molecule has 20 heavy (non-hydrogen) atoms. The van der Waals surface area contributed by atoms with Gasteiger partial charge < -0.3 is 9.64 Å². The molecule has 1 rings (SSSR count). The number of ether oxygens (including phenoxy) is 1. The Labute approximate surface area is 124 Å². The SMILES string of the molecule is CCCCN(CC(C)C(=O)OC)C(=O)Cc1cccs1. The minimum absolute atomic E-state index is 0.0802. The molecule has 1 heterocycles. The van der Waals surface area contributed by atoms with E-state index in [9.17, 15) is 9.59 Å². The van der Waals surface area contributed by atoms with Gasteiger partial charge >= 0.3 is 5.97 Å². The van der Waals surface area contributed by atoms with Crippen LogP contribution in [-0.4, -0.2) is 37.0 Å². The van der Waals surface area contributed by atoms with Crippen LogP contribution in [0.5, 0.6) is 0 Å². The molecule has 112 valence electrons. The number of esters is 1. The minimum atomic E-state index is -0.288. The molecule has 0 bridgehead atoms. The van der Waals surface area contributed by atoms with Crippen LogP contribution in [0, 0.1) is 5.92 Å². The predicted molar refractivity (Wildman–Crippen MR) is 80.7 cm³/mol. The molecule has 0 spiro atoms. The van der Waals surface area contributed by atoms with Crippen LogP contribution < -0.4 is 0 Å². The van der Waals surface area contributed by atoms with Crippen LogP contribution in [-0.2, 0) is 20.7 Å². The summed E-state index contributed by atoms with van der Waals surface area (Å²) in [7, 11) is 1.38. The Morgan fingerprint density at radius 1 is 1.45 bits per heavy atom. The summed E-state index contributed by atoms with van der Waals surface area (Å²) in [6.07, 6.45) is 2.38. The van der Waals surface area contributed by atoms with Gasteiger partial charge in [-0.2, -0.15) is 0 Å². The molecule has 1 amide bonds. The zero-order chi connectivity index (χ0) is 15.0. The molecule has 1 aromatic rings. The van der Waals surface area contributed by atoms with Crippen molar-refractivity contribution in [1.82, 2.24) is 4.90 Å². The van der Waals surface area contributed by atoms with Crippen molar-refractivity contribution in [1.29, 1.82) is 0 Å². The number of thiophene rings is 1. The fourth-order valence-corrected chi connectivity index (χ4v) is 2.64. The molecule has 0 aliphatic carbocycles. The first-order chi connectivity index (χ1) is 9.58. The van der Waals surface area contributed by atoms with E-state index in [0.717, 1.165) is 17.7 Å². The van der Waals surface area contributed by atoms with E-state index in [-0.39, 0.29) is 17.8 Å². The Bertz CT molecular complexity index is 417. The molecule has 0 saturated carbocycles. The number of hydrogen-bond donors (Lipinski definition) is 0. The molecular weight excluding hydrogens is 274 g/mol. The third-order valence-corrected chi connectivity index (χ3v) is 4.01. The van der Waals surface area contributed by atoms with Gasteiger partial charge in [-0.25, -0.2) is 0 Å². The number of carbonyl (C=O) groups excluding carboxylic acids is 2. The molecule has 0 aliphatic rings. The van der Waals surface area contributed by atoms with E-state index in [1.807, 2.05) is 17.5 Å². The molecule has 0 saturated heterocycles. The lowest BCUT2D eigenvalue weighted by atomic mass is 10.1. The van der Waals surface area contributed by atoms with Crippen molar-refractivity contribution in [3.63, 3.8) is 0 Å². The lowest BCUT2D eigenvalue weighted by molar-refractivity contribution is -0.146. The topological polar surface area (TPSA) is 46.6 Å². The summed E-state index contributed by atoms with van der Waals surface area (Å²) >= 11 is 1.58. The lowest BCUT2D eigenvalue weighted by Gasteiger charge is -2.25. The highest BCUT2D eigenvalue weighted by atomic mass is 32.1. The zero-order valence-corrected chi connectivity index (χ0v) is 13.2. The monoisotopic (exact) mass is 297 g/mol. The van der Waals surface area contributed by atoms with Gasteiger partial charge in [0.1, 0.15) is 0 Å². The number of nitrogens with zero attached hydrogens (tertiary/aromatic N) is 1. The molecule has 0 aliphatic heterocycles. The van der Waals surface area contributed by atoms with Crippen molar-refractivity contribution in [2.75, 3.05) is 20.2 Å². The van der Waals surface area contributed by atoms with E-state index in [4.69, 9.17) is 4.74 Å². The fourth-order valence-electron chi connectivity index (χ4n) is 1.95. The smallest absolute Gasteiger partial charge is 0.310 e. The second-order valence-corrected chi connectivity index (χ2v) is 5.91. The lowest BCUT2D eigenvalue weighted by Crippen LogP contribution is -2.38. The number of rotatable bonds is 8. The fraction of sp³-hybridized carbons (Fsp3) is 0.600. The molecule has 0 N–H and O–H groups in total. The zero-order valence-electron chi connectivity index (χ0n) is 12.4. The molecule has 0 radical (unpaired) electrons. The van der Waals surface area contributed by atoms with Gasteiger partial charge in [0.25, 0.3) is 0 Å². The van der Waals surface area contributed by atoms with Crippen molar-refractivity contribution in [2.45, 2.75) is 33.1 Å². The maximum absolute atomic E-state index is 12.3. The van der Waals surface area contributed by atoms with Gasteiger partial charge in [-0.05, 0) is 17.9 Å². The van der Waals surface area contributed by atoms with E-state index in [1.54, 1.807) is 23.2 Å². The van der Waals surface area contributed by atoms with E-state index in [0.29, 0.717) is 19.5 Å². The van der Waals surface area contributed by atoms with Crippen molar-refractivity contribution < 1.29 is 14.3 Å². The molecule has 4 nitrogen and oxygen atoms in total. The van der Waals surface area contributed by atoms with Crippen molar-refractivity contribution in [2.24, 2.45) is 5.92 Å². The third kappa shape index (κ3) is 5.33. The van der Waals surface area contributed by atoms with Gasteiger partial charge in [0.15, 0.2) is 0 Å². The van der Waals surface area contributed by atoms with E-state index in [1.165, 1.54) is 7.11 Å². The molecule has 1 atom stereocenters. The van der Waals surface area contributed by atoms with Crippen LogP contribution in [0.25, 0.3) is 0 Å². The second-order valence-electron chi connectivity index (χ2n) is 4.87. The summed E-state index contributed by atoms with van der Waals surface area (Å²) in [6.45, 7) is 5.01. The summed E-state index contributed by atoms with van der Waals surface area (Å²) in [5.41, 5.74) is 0. The first-order valence-corrected chi connectivity index (χ1v) is 7.84. The second kappa shape index (κ2) is 8.74. The Balaban J connectivity index is 2.62. The van der Waals surface area contributed by atoms with Crippen LogP contribution in [0.1, 0.15) is 31.6 Å². The highest BCUT2D eigenvalue weighted by molar-refractivity contribution is 7.10. The maximum atomic E-state index is 12.3.